The largest absolute Gasteiger partial charge is 0.347 e. The normalized spacial score (nSPS) is 18.2. The van der Waals surface area contributed by atoms with E-state index in [1.807, 2.05) is 0 Å². The van der Waals surface area contributed by atoms with E-state index in [1.54, 1.807) is 12.5 Å². The van der Waals surface area contributed by atoms with Gasteiger partial charge in [0, 0.05) is 25.3 Å². The van der Waals surface area contributed by atoms with Crippen molar-refractivity contribution in [3.05, 3.63) is 52.4 Å². The van der Waals surface area contributed by atoms with Crippen molar-refractivity contribution in [2.24, 2.45) is 5.73 Å². The van der Waals surface area contributed by atoms with Crippen LogP contribution in [0.4, 0.5) is 5.82 Å². The van der Waals surface area contributed by atoms with Crippen LogP contribution in [0.15, 0.2) is 41.3 Å². The molecule has 0 saturated heterocycles. The van der Waals surface area contributed by atoms with Crippen LogP contribution in [0.5, 0.6) is 0 Å². The maximum Gasteiger partial charge on any atom is 0.146 e. The molecule has 2 aromatic rings. The molecule has 2 N–H and O–H groups in total. The highest BCUT2D eigenvalue weighted by Crippen LogP contribution is 2.30. The van der Waals surface area contributed by atoms with Gasteiger partial charge < -0.3 is 10.6 Å². The summed E-state index contributed by atoms with van der Waals surface area (Å²) in [4.78, 5) is 10.7. The molecule has 1 aromatic carbocycles. The Balaban J connectivity index is 2.00. The van der Waals surface area contributed by atoms with Crippen molar-refractivity contribution in [2.45, 2.75) is 19.0 Å². The van der Waals surface area contributed by atoms with Crippen molar-refractivity contribution < 1.29 is 0 Å². The fourth-order valence-corrected chi connectivity index (χ4v) is 3.01. The molecular formula is C14H15BrN4. The maximum absolute atomic E-state index is 5.94. The average Bonchev–Trinajstić information content (AvgIpc) is 2.46. The van der Waals surface area contributed by atoms with E-state index >= 15 is 0 Å². The van der Waals surface area contributed by atoms with Gasteiger partial charge in [0.15, 0.2) is 0 Å². The van der Waals surface area contributed by atoms with Crippen LogP contribution in [0, 0.1) is 0 Å². The lowest BCUT2D eigenvalue weighted by Crippen LogP contribution is -2.45. The molecule has 0 saturated carbocycles. The van der Waals surface area contributed by atoms with Gasteiger partial charge >= 0.3 is 0 Å². The molecule has 0 radical (unpaired) electrons. The summed E-state index contributed by atoms with van der Waals surface area (Å²) in [6, 6.07) is 8.80. The van der Waals surface area contributed by atoms with Crippen molar-refractivity contribution in [2.75, 3.05) is 11.4 Å². The van der Waals surface area contributed by atoms with Crippen molar-refractivity contribution in [3.8, 4) is 0 Å². The first-order chi connectivity index (χ1) is 9.29. The van der Waals surface area contributed by atoms with Crippen molar-refractivity contribution in [1.82, 2.24) is 9.97 Å². The molecule has 0 fully saturated rings. The molecule has 0 spiro atoms. The number of hydrogen-bond donors (Lipinski definition) is 1. The summed E-state index contributed by atoms with van der Waals surface area (Å²) >= 11 is 3.52. The van der Waals surface area contributed by atoms with E-state index in [0.717, 1.165) is 23.3 Å². The van der Waals surface area contributed by atoms with Crippen LogP contribution < -0.4 is 10.6 Å². The second kappa shape index (κ2) is 5.27. The molecule has 2 heterocycles. The highest BCUT2D eigenvalue weighted by Gasteiger charge is 2.27. The van der Waals surface area contributed by atoms with E-state index in [9.17, 15) is 0 Å². The van der Waals surface area contributed by atoms with Crippen LogP contribution >= 0.6 is 15.9 Å². The summed E-state index contributed by atoms with van der Waals surface area (Å²) in [7, 11) is 0. The van der Waals surface area contributed by atoms with Crippen LogP contribution in [0.1, 0.15) is 11.1 Å². The van der Waals surface area contributed by atoms with Crippen LogP contribution in [0.3, 0.4) is 0 Å². The Hall–Kier alpha value is -1.46. The predicted molar refractivity (Wildman–Crippen MR) is 78.9 cm³/mol. The summed E-state index contributed by atoms with van der Waals surface area (Å²) in [5.41, 5.74) is 8.67. The van der Waals surface area contributed by atoms with Crippen molar-refractivity contribution >= 4 is 21.7 Å². The van der Waals surface area contributed by atoms with Crippen molar-refractivity contribution in [1.29, 1.82) is 0 Å². The molecular weight excluding hydrogens is 304 g/mol. The highest BCUT2D eigenvalue weighted by molar-refractivity contribution is 9.10. The third kappa shape index (κ3) is 2.35. The summed E-state index contributed by atoms with van der Waals surface area (Å²) in [5.74, 6) is 0.917. The minimum Gasteiger partial charge on any atom is -0.347 e. The number of halogens is 1. The lowest BCUT2D eigenvalue weighted by Gasteiger charge is -2.37. The van der Waals surface area contributed by atoms with Crippen LogP contribution in [-0.2, 0) is 13.0 Å². The molecule has 1 aliphatic rings. The Labute approximate surface area is 120 Å². The Bertz CT molecular complexity index is 587. The molecule has 0 bridgehead atoms. The molecule has 1 atom stereocenters. The SMILES string of the molecule is NCC1Cc2ccccc2CN1c1ncncc1Br. The van der Waals surface area contributed by atoms with Crippen LogP contribution in [-0.4, -0.2) is 22.6 Å². The molecule has 4 nitrogen and oxygen atoms in total. The number of nitrogens with two attached hydrogens (primary N) is 1. The van der Waals surface area contributed by atoms with Gasteiger partial charge in [-0.1, -0.05) is 24.3 Å². The summed E-state index contributed by atoms with van der Waals surface area (Å²) in [6.45, 7) is 1.46. The number of rotatable bonds is 2. The predicted octanol–water partition coefficient (Wildman–Crippen LogP) is 2.13. The highest BCUT2D eigenvalue weighted by atomic mass is 79.9. The van der Waals surface area contributed by atoms with Crippen molar-refractivity contribution in [3.63, 3.8) is 0 Å². The summed E-state index contributed by atoms with van der Waals surface area (Å²) < 4.78 is 0.910. The molecule has 1 aromatic heterocycles. The van der Waals surface area contributed by atoms with Gasteiger partial charge in [0.05, 0.1) is 4.47 Å². The number of benzene rings is 1. The van der Waals surface area contributed by atoms with Gasteiger partial charge in [0.1, 0.15) is 12.1 Å². The number of fused-ring (bicyclic) bond motifs is 1. The third-order valence-electron chi connectivity index (χ3n) is 3.55. The van der Waals surface area contributed by atoms with E-state index in [2.05, 4.69) is 55.1 Å². The van der Waals surface area contributed by atoms with E-state index in [0.29, 0.717) is 6.54 Å². The standard InChI is InChI=1S/C14H15BrN4/c15-13-7-17-9-18-14(13)19-8-11-4-2-1-3-10(11)5-12(19)6-16/h1-4,7,9,12H,5-6,8,16H2. The van der Waals surface area contributed by atoms with E-state index in [-0.39, 0.29) is 6.04 Å². The number of aromatic nitrogens is 2. The second-order valence-electron chi connectivity index (χ2n) is 4.68. The second-order valence-corrected chi connectivity index (χ2v) is 5.54. The van der Waals surface area contributed by atoms with Crippen LogP contribution in [0.2, 0.25) is 0 Å². The average molecular weight is 319 g/mol. The zero-order valence-corrected chi connectivity index (χ0v) is 12.0. The molecule has 1 unspecified atom stereocenters. The smallest absolute Gasteiger partial charge is 0.146 e. The molecule has 5 heteroatoms. The molecule has 3 rings (SSSR count). The lowest BCUT2D eigenvalue weighted by molar-refractivity contribution is 0.554. The quantitative estimate of drug-likeness (QED) is 0.921. The monoisotopic (exact) mass is 318 g/mol. The van der Waals surface area contributed by atoms with Gasteiger partial charge in [-0.2, -0.15) is 0 Å². The van der Waals surface area contributed by atoms with E-state index in [4.69, 9.17) is 5.73 Å². The topological polar surface area (TPSA) is 55.0 Å². The lowest BCUT2D eigenvalue weighted by atomic mass is 9.94. The van der Waals surface area contributed by atoms with Gasteiger partial charge in [-0.25, -0.2) is 9.97 Å². The number of anilines is 1. The maximum atomic E-state index is 5.94. The zero-order valence-electron chi connectivity index (χ0n) is 10.5. The fourth-order valence-electron chi connectivity index (χ4n) is 2.56. The van der Waals surface area contributed by atoms with E-state index < -0.39 is 0 Å². The molecule has 19 heavy (non-hydrogen) atoms. The number of nitrogens with zero attached hydrogens (tertiary/aromatic N) is 3. The first-order valence-corrected chi connectivity index (χ1v) is 7.08. The van der Waals surface area contributed by atoms with Gasteiger partial charge in [0.25, 0.3) is 0 Å². The third-order valence-corrected chi connectivity index (χ3v) is 4.11. The van der Waals surface area contributed by atoms with Gasteiger partial charge in [-0.15, -0.1) is 0 Å². The molecule has 0 aliphatic carbocycles. The number of hydrogen-bond acceptors (Lipinski definition) is 4. The first-order valence-electron chi connectivity index (χ1n) is 6.28. The Morgan fingerprint density at radius 3 is 2.84 bits per heavy atom. The Kier molecular flexibility index (Phi) is 3.48. The van der Waals surface area contributed by atoms with Gasteiger partial charge in [-0.05, 0) is 33.5 Å². The van der Waals surface area contributed by atoms with E-state index in [1.165, 1.54) is 11.1 Å². The summed E-state index contributed by atoms with van der Waals surface area (Å²) in [5, 5.41) is 0. The fraction of sp³-hybridized carbons (Fsp3) is 0.286. The van der Waals surface area contributed by atoms with Crippen LogP contribution in [0.25, 0.3) is 0 Å². The Morgan fingerprint density at radius 2 is 2.11 bits per heavy atom. The first kappa shape index (κ1) is 12.6. The molecule has 98 valence electrons. The summed E-state index contributed by atoms with van der Waals surface area (Å²) in [6.07, 6.45) is 4.31. The minimum absolute atomic E-state index is 0.279. The molecule has 1 aliphatic heterocycles. The van der Waals surface area contributed by atoms with Gasteiger partial charge in [0.2, 0.25) is 0 Å². The Morgan fingerprint density at radius 1 is 1.32 bits per heavy atom. The van der Waals surface area contributed by atoms with Gasteiger partial charge in [-0.3, -0.25) is 0 Å². The molecule has 0 amide bonds. The minimum atomic E-state index is 0.279. The zero-order chi connectivity index (χ0) is 13.2.